The quantitative estimate of drug-likeness (QED) is 0.410. The number of esters is 2. The van der Waals surface area contributed by atoms with Crippen LogP contribution in [-0.4, -0.2) is 32.8 Å². The van der Waals surface area contributed by atoms with Crippen molar-refractivity contribution in [2.75, 3.05) is 20.8 Å². The van der Waals surface area contributed by atoms with Crippen molar-refractivity contribution in [3.05, 3.63) is 89.5 Å². The van der Waals surface area contributed by atoms with Gasteiger partial charge in [0, 0.05) is 6.42 Å². The van der Waals surface area contributed by atoms with Gasteiger partial charge in [0.15, 0.2) is 0 Å². The van der Waals surface area contributed by atoms with Crippen LogP contribution in [0.1, 0.15) is 26.3 Å². The molecule has 0 heterocycles. The van der Waals surface area contributed by atoms with Gasteiger partial charge >= 0.3 is 11.9 Å². The third kappa shape index (κ3) is 5.61. The Labute approximate surface area is 175 Å². The van der Waals surface area contributed by atoms with E-state index >= 15 is 0 Å². The van der Waals surface area contributed by atoms with Crippen molar-refractivity contribution in [1.82, 2.24) is 0 Å². The topological polar surface area (TPSA) is 71.1 Å². The van der Waals surface area contributed by atoms with Crippen molar-refractivity contribution in [2.45, 2.75) is 6.42 Å². The first kappa shape index (κ1) is 20.9. The van der Waals surface area contributed by atoms with Gasteiger partial charge in [-0.15, -0.1) is 0 Å². The minimum absolute atomic E-state index is 0.246. The molecular weight excluding hydrogens is 384 g/mol. The molecule has 0 radical (unpaired) electrons. The summed E-state index contributed by atoms with van der Waals surface area (Å²) in [6.45, 7) is 0.246. The minimum Gasteiger partial charge on any atom is -0.497 e. The average Bonchev–Trinajstić information content (AvgIpc) is 2.80. The van der Waals surface area contributed by atoms with E-state index < -0.39 is 5.97 Å². The lowest BCUT2D eigenvalue weighted by molar-refractivity contribution is 0.0508. The second-order valence-electron chi connectivity index (χ2n) is 6.38. The predicted molar refractivity (Wildman–Crippen MR) is 111 cm³/mol. The van der Waals surface area contributed by atoms with Crippen LogP contribution in [0.15, 0.2) is 72.8 Å². The summed E-state index contributed by atoms with van der Waals surface area (Å²) in [6.07, 6.45) is 0.550. The summed E-state index contributed by atoms with van der Waals surface area (Å²) in [5, 5.41) is 0. The molecule has 6 heteroatoms. The van der Waals surface area contributed by atoms with Crippen molar-refractivity contribution in [1.29, 1.82) is 0 Å². The summed E-state index contributed by atoms with van der Waals surface area (Å²) in [6, 6.07) is 20.5. The molecule has 154 valence electrons. The molecule has 0 spiro atoms. The third-order valence-corrected chi connectivity index (χ3v) is 4.41. The Morgan fingerprint density at radius 1 is 0.633 bits per heavy atom. The van der Waals surface area contributed by atoms with Crippen LogP contribution in [0.25, 0.3) is 0 Å². The Balaban J connectivity index is 1.47. The minimum atomic E-state index is -0.446. The normalized spacial score (nSPS) is 10.2. The van der Waals surface area contributed by atoms with E-state index in [-0.39, 0.29) is 12.6 Å². The lowest BCUT2D eigenvalue weighted by Gasteiger charge is -2.08. The zero-order chi connectivity index (χ0) is 21.3. The van der Waals surface area contributed by atoms with Crippen LogP contribution >= 0.6 is 0 Å². The molecule has 3 rings (SSSR count). The van der Waals surface area contributed by atoms with E-state index in [1.54, 1.807) is 74.9 Å². The van der Waals surface area contributed by atoms with E-state index in [0.29, 0.717) is 34.8 Å². The molecule has 0 unspecified atom stereocenters. The highest BCUT2D eigenvalue weighted by atomic mass is 16.5. The van der Waals surface area contributed by atoms with Gasteiger partial charge in [0.1, 0.15) is 17.2 Å². The molecule has 0 saturated carbocycles. The molecule has 0 aliphatic rings. The highest BCUT2D eigenvalue weighted by Gasteiger charge is 2.10. The standard InChI is InChI=1S/C24H22O6/c1-27-20-11-5-18(6-12-20)23(25)29-16-15-17-3-9-22(10-4-17)30-24(26)19-7-13-21(28-2)14-8-19/h3-14H,15-16H2,1-2H3. The molecule has 3 aromatic carbocycles. The number of hydrogen-bond acceptors (Lipinski definition) is 6. The van der Waals surface area contributed by atoms with Gasteiger partial charge in [-0.25, -0.2) is 9.59 Å². The van der Waals surface area contributed by atoms with E-state index in [4.69, 9.17) is 18.9 Å². The molecule has 0 aliphatic heterocycles. The second kappa shape index (κ2) is 10.1. The molecule has 0 amide bonds. The molecule has 0 N–H and O–H groups in total. The number of rotatable bonds is 8. The van der Waals surface area contributed by atoms with Gasteiger partial charge in [-0.2, -0.15) is 0 Å². The van der Waals surface area contributed by atoms with Crippen molar-refractivity contribution in [2.24, 2.45) is 0 Å². The third-order valence-electron chi connectivity index (χ3n) is 4.41. The number of carbonyl (C=O) groups excluding carboxylic acids is 2. The van der Waals surface area contributed by atoms with Crippen molar-refractivity contribution < 1.29 is 28.5 Å². The van der Waals surface area contributed by atoms with Crippen molar-refractivity contribution in [3.8, 4) is 17.2 Å². The van der Waals surface area contributed by atoms with Gasteiger partial charge in [-0.1, -0.05) is 12.1 Å². The molecule has 3 aromatic rings. The fourth-order valence-electron chi connectivity index (χ4n) is 2.69. The molecule has 0 fully saturated rings. The van der Waals surface area contributed by atoms with Gasteiger partial charge in [-0.3, -0.25) is 0 Å². The molecular formula is C24H22O6. The maximum Gasteiger partial charge on any atom is 0.343 e. The monoisotopic (exact) mass is 406 g/mol. The number of carbonyl (C=O) groups is 2. The fraction of sp³-hybridized carbons (Fsp3) is 0.167. The Morgan fingerprint density at radius 2 is 1.10 bits per heavy atom. The van der Waals surface area contributed by atoms with Crippen LogP contribution in [0.2, 0.25) is 0 Å². The molecule has 30 heavy (non-hydrogen) atoms. The molecule has 0 aromatic heterocycles. The average molecular weight is 406 g/mol. The summed E-state index contributed by atoms with van der Waals surface area (Å²) < 4.78 is 20.8. The van der Waals surface area contributed by atoms with Crippen LogP contribution in [0.3, 0.4) is 0 Å². The molecule has 0 atom stereocenters. The summed E-state index contributed by atoms with van der Waals surface area (Å²) in [5.41, 5.74) is 1.86. The van der Waals surface area contributed by atoms with Crippen LogP contribution in [0, 0.1) is 0 Å². The summed E-state index contributed by atoms with van der Waals surface area (Å²) in [7, 11) is 3.13. The zero-order valence-electron chi connectivity index (χ0n) is 16.8. The van der Waals surface area contributed by atoms with Crippen molar-refractivity contribution in [3.63, 3.8) is 0 Å². The Morgan fingerprint density at radius 3 is 1.60 bits per heavy atom. The van der Waals surface area contributed by atoms with Crippen LogP contribution in [0.5, 0.6) is 17.2 Å². The largest absolute Gasteiger partial charge is 0.497 e. The number of methoxy groups -OCH3 is 2. The van der Waals surface area contributed by atoms with Gasteiger partial charge in [-0.05, 0) is 66.2 Å². The maximum absolute atomic E-state index is 12.2. The van der Waals surface area contributed by atoms with E-state index in [0.717, 1.165) is 5.56 Å². The number of hydrogen-bond donors (Lipinski definition) is 0. The predicted octanol–water partition coefficient (Wildman–Crippen LogP) is 4.32. The summed E-state index contributed by atoms with van der Waals surface area (Å²) in [4.78, 5) is 24.2. The lowest BCUT2D eigenvalue weighted by atomic mass is 10.1. The summed E-state index contributed by atoms with van der Waals surface area (Å²) >= 11 is 0. The SMILES string of the molecule is COc1ccc(C(=O)OCCc2ccc(OC(=O)c3ccc(OC)cc3)cc2)cc1. The number of benzene rings is 3. The van der Waals surface area contributed by atoms with E-state index in [1.165, 1.54) is 0 Å². The second-order valence-corrected chi connectivity index (χ2v) is 6.38. The molecule has 0 aliphatic carbocycles. The summed E-state index contributed by atoms with van der Waals surface area (Å²) in [5.74, 6) is 0.958. The van der Waals surface area contributed by atoms with Gasteiger partial charge in [0.05, 0.1) is 32.0 Å². The van der Waals surface area contributed by atoms with Crippen LogP contribution in [-0.2, 0) is 11.2 Å². The van der Waals surface area contributed by atoms with E-state index in [1.807, 2.05) is 12.1 Å². The van der Waals surface area contributed by atoms with Crippen LogP contribution in [0.4, 0.5) is 0 Å². The first-order valence-electron chi connectivity index (χ1n) is 9.35. The Bertz CT molecular complexity index is 976. The Hall–Kier alpha value is -3.80. The fourth-order valence-corrected chi connectivity index (χ4v) is 2.69. The first-order chi connectivity index (χ1) is 14.6. The number of ether oxygens (including phenoxy) is 4. The van der Waals surface area contributed by atoms with E-state index in [2.05, 4.69) is 0 Å². The molecule has 0 saturated heterocycles. The maximum atomic E-state index is 12.2. The smallest absolute Gasteiger partial charge is 0.343 e. The van der Waals surface area contributed by atoms with E-state index in [9.17, 15) is 9.59 Å². The molecule has 0 bridgehead atoms. The first-order valence-corrected chi connectivity index (χ1v) is 9.35. The zero-order valence-corrected chi connectivity index (χ0v) is 16.8. The molecule has 6 nitrogen and oxygen atoms in total. The lowest BCUT2D eigenvalue weighted by Crippen LogP contribution is -2.09. The van der Waals surface area contributed by atoms with Gasteiger partial charge in [0.2, 0.25) is 0 Å². The van der Waals surface area contributed by atoms with Crippen LogP contribution < -0.4 is 14.2 Å². The highest BCUT2D eigenvalue weighted by molar-refractivity contribution is 5.91. The highest BCUT2D eigenvalue weighted by Crippen LogP contribution is 2.17. The van der Waals surface area contributed by atoms with Crippen molar-refractivity contribution >= 4 is 11.9 Å². The van der Waals surface area contributed by atoms with Gasteiger partial charge in [0.25, 0.3) is 0 Å². The Kier molecular flexibility index (Phi) is 7.05. The van der Waals surface area contributed by atoms with Gasteiger partial charge < -0.3 is 18.9 Å².